The van der Waals surface area contributed by atoms with Gasteiger partial charge < -0.3 is 11.1 Å². The van der Waals surface area contributed by atoms with E-state index in [-0.39, 0.29) is 11.7 Å². The first-order chi connectivity index (χ1) is 9.15. The lowest BCUT2D eigenvalue weighted by Gasteiger charge is -2.26. The molecule has 1 aliphatic rings. The molecule has 4 heteroatoms. The quantitative estimate of drug-likeness (QED) is 0.858. The fraction of sp³-hybridized carbons (Fsp3) is 0.533. The van der Waals surface area contributed by atoms with Gasteiger partial charge in [0.1, 0.15) is 11.9 Å². The van der Waals surface area contributed by atoms with Crippen molar-refractivity contribution in [3.63, 3.8) is 0 Å². The van der Waals surface area contributed by atoms with Crippen molar-refractivity contribution in [1.29, 1.82) is 0 Å². The number of primary amides is 1. The Kier molecular flexibility index (Phi) is 4.77. The van der Waals surface area contributed by atoms with E-state index in [1.807, 2.05) is 0 Å². The summed E-state index contributed by atoms with van der Waals surface area (Å²) < 4.78 is 13.1. The van der Waals surface area contributed by atoms with Crippen LogP contribution in [0.1, 0.15) is 38.5 Å². The number of anilines is 1. The van der Waals surface area contributed by atoms with Crippen molar-refractivity contribution in [3.05, 3.63) is 30.1 Å². The molecule has 1 fully saturated rings. The summed E-state index contributed by atoms with van der Waals surface area (Å²) in [6.45, 7) is 0. The smallest absolute Gasteiger partial charge is 0.239 e. The standard InChI is InChI=1S/C15H21FN2O/c16-12-7-4-8-13(10-12)18-14(15(17)19)9-11-5-2-1-3-6-11/h4,7-8,10-11,14,18H,1-3,5-6,9H2,(H2,17,19). The lowest BCUT2D eigenvalue weighted by atomic mass is 9.84. The Labute approximate surface area is 113 Å². The summed E-state index contributed by atoms with van der Waals surface area (Å²) in [6.07, 6.45) is 6.82. The van der Waals surface area contributed by atoms with E-state index in [2.05, 4.69) is 5.32 Å². The maximum absolute atomic E-state index is 13.1. The Hall–Kier alpha value is -1.58. The van der Waals surface area contributed by atoms with Crippen LogP contribution in [0.4, 0.5) is 10.1 Å². The first kappa shape index (κ1) is 13.8. The number of hydrogen-bond donors (Lipinski definition) is 2. The van der Waals surface area contributed by atoms with Crippen LogP contribution in [-0.4, -0.2) is 11.9 Å². The third-order valence-corrected chi connectivity index (χ3v) is 3.80. The van der Waals surface area contributed by atoms with Gasteiger partial charge in [0.05, 0.1) is 0 Å². The molecule has 104 valence electrons. The molecule has 1 aliphatic carbocycles. The van der Waals surface area contributed by atoms with E-state index in [1.165, 1.54) is 31.4 Å². The van der Waals surface area contributed by atoms with Gasteiger partial charge in [-0.15, -0.1) is 0 Å². The predicted molar refractivity (Wildman–Crippen MR) is 74.2 cm³/mol. The second kappa shape index (κ2) is 6.55. The minimum Gasteiger partial charge on any atom is -0.374 e. The molecule has 0 aliphatic heterocycles. The van der Waals surface area contributed by atoms with Crippen molar-refractivity contribution >= 4 is 11.6 Å². The van der Waals surface area contributed by atoms with E-state index in [9.17, 15) is 9.18 Å². The second-order valence-corrected chi connectivity index (χ2v) is 5.35. The van der Waals surface area contributed by atoms with E-state index >= 15 is 0 Å². The fourth-order valence-electron chi connectivity index (χ4n) is 2.78. The van der Waals surface area contributed by atoms with Gasteiger partial charge in [-0.3, -0.25) is 4.79 Å². The van der Waals surface area contributed by atoms with E-state index < -0.39 is 6.04 Å². The maximum Gasteiger partial charge on any atom is 0.239 e. The number of nitrogens with two attached hydrogens (primary N) is 1. The largest absolute Gasteiger partial charge is 0.374 e. The Balaban J connectivity index is 1.97. The summed E-state index contributed by atoms with van der Waals surface area (Å²) in [6, 6.07) is 5.73. The molecule has 1 saturated carbocycles. The number of benzene rings is 1. The fourth-order valence-corrected chi connectivity index (χ4v) is 2.78. The lowest BCUT2D eigenvalue weighted by molar-refractivity contribution is -0.119. The zero-order chi connectivity index (χ0) is 13.7. The monoisotopic (exact) mass is 264 g/mol. The molecular weight excluding hydrogens is 243 g/mol. The SMILES string of the molecule is NC(=O)C(CC1CCCCC1)Nc1cccc(F)c1. The highest BCUT2D eigenvalue weighted by molar-refractivity contribution is 5.82. The van der Waals surface area contributed by atoms with Crippen molar-refractivity contribution < 1.29 is 9.18 Å². The Morgan fingerprint density at radius 3 is 2.74 bits per heavy atom. The number of rotatable bonds is 5. The van der Waals surface area contributed by atoms with Crippen LogP contribution in [0.2, 0.25) is 0 Å². The van der Waals surface area contributed by atoms with Crippen molar-refractivity contribution in [2.45, 2.75) is 44.6 Å². The number of carbonyl (C=O) groups excluding carboxylic acids is 1. The summed E-state index contributed by atoms with van der Waals surface area (Å²) in [5.41, 5.74) is 6.06. The Bertz CT molecular complexity index is 430. The Morgan fingerprint density at radius 1 is 1.37 bits per heavy atom. The molecule has 0 saturated heterocycles. The summed E-state index contributed by atoms with van der Waals surface area (Å²) in [7, 11) is 0. The van der Waals surface area contributed by atoms with E-state index in [4.69, 9.17) is 5.73 Å². The lowest BCUT2D eigenvalue weighted by Crippen LogP contribution is -2.37. The molecule has 0 heterocycles. The predicted octanol–water partition coefficient (Wildman–Crippen LogP) is 3.06. The topological polar surface area (TPSA) is 55.1 Å². The van der Waals surface area contributed by atoms with Crippen LogP contribution < -0.4 is 11.1 Å². The van der Waals surface area contributed by atoms with Crippen molar-refractivity contribution in [2.75, 3.05) is 5.32 Å². The van der Waals surface area contributed by atoms with Gasteiger partial charge in [-0.05, 0) is 30.5 Å². The van der Waals surface area contributed by atoms with Crippen molar-refractivity contribution in [1.82, 2.24) is 0 Å². The molecule has 0 aromatic heterocycles. The zero-order valence-electron chi connectivity index (χ0n) is 11.1. The minimum absolute atomic E-state index is 0.314. The van der Waals surface area contributed by atoms with Crippen LogP contribution in [0, 0.1) is 11.7 Å². The minimum atomic E-state index is -0.412. The van der Waals surface area contributed by atoms with Gasteiger partial charge in [0, 0.05) is 5.69 Å². The Morgan fingerprint density at radius 2 is 2.11 bits per heavy atom. The van der Waals surface area contributed by atoms with E-state index in [1.54, 1.807) is 12.1 Å². The third kappa shape index (κ3) is 4.23. The van der Waals surface area contributed by atoms with Crippen LogP contribution >= 0.6 is 0 Å². The maximum atomic E-state index is 13.1. The molecule has 1 aromatic carbocycles. The molecule has 3 nitrogen and oxygen atoms in total. The average Bonchev–Trinajstić information content (AvgIpc) is 2.39. The van der Waals surface area contributed by atoms with Crippen molar-refractivity contribution in [2.24, 2.45) is 11.7 Å². The van der Waals surface area contributed by atoms with Gasteiger partial charge in [-0.25, -0.2) is 4.39 Å². The molecule has 1 unspecified atom stereocenters. The summed E-state index contributed by atoms with van der Waals surface area (Å²) in [4.78, 5) is 11.5. The van der Waals surface area contributed by atoms with Gasteiger partial charge in [0.2, 0.25) is 5.91 Å². The highest BCUT2D eigenvalue weighted by Gasteiger charge is 2.22. The van der Waals surface area contributed by atoms with Gasteiger partial charge >= 0.3 is 0 Å². The first-order valence-electron chi connectivity index (χ1n) is 6.96. The summed E-state index contributed by atoms with van der Waals surface area (Å²) in [5, 5.41) is 3.05. The van der Waals surface area contributed by atoms with Crippen LogP contribution in [0.15, 0.2) is 24.3 Å². The van der Waals surface area contributed by atoms with Gasteiger partial charge in [0.25, 0.3) is 0 Å². The second-order valence-electron chi connectivity index (χ2n) is 5.35. The molecule has 1 amide bonds. The highest BCUT2D eigenvalue weighted by Crippen LogP contribution is 2.28. The average molecular weight is 264 g/mol. The first-order valence-corrected chi connectivity index (χ1v) is 6.96. The van der Waals surface area contributed by atoms with E-state index in [0.29, 0.717) is 11.6 Å². The van der Waals surface area contributed by atoms with Crippen LogP contribution in [0.5, 0.6) is 0 Å². The van der Waals surface area contributed by atoms with Gasteiger partial charge in [0.15, 0.2) is 0 Å². The molecule has 1 atom stereocenters. The molecule has 19 heavy (non-hydrogen) atoms. The molecule has 1 aromatic rings. The molecule has 0 bridgehead atoms. The van der Waals surface area contributed by atoms with Gasteiger partial charge in [-0.1, -0.05) is 38.2 Å². The summed E-state index contributed by atoms with van der Waals surface area (Å²) in [5.74, 6) is -0.131. The number of carbonyl (C=O) groups is 1. The molecule has 2 rings (SSSR count). The van der Waals surface area contributed by atoms with Crippen LogP contribution in [0.25, 0.3) is 0 Å². The third-order valence-electron chi connectivity index (χ3n) is 3.80. The van der Waals surface area contributed by atoms with E-state index in [0.717, 1.165) is 19.3 Å². The number of halogens is 1. The number of hydrogen-bond acceptors (Lipinski definition) is 2. The van der Waals surface area contributed by atoms with Crippen LogP contribution in [0.3, 0.4) is 0 Å². The summed E-state index contributed by atoms with van der Waals surface area (Å²) >= 11 is 0. The zero-order valence-corrected chi connectivity index (χ0v) is 11.1. The van der Waals surface area contributed by atoms with Crippen molar-refractivity contribution in [3.8, 4) is 0 Å². The molecule has 0 spiro atoms. The van der Waals surface area contributed by atoms with Gasteiger partial charge in [-0.2, -0.15) is 0 Å². The number of nitrogens with one attached hydrogen (secondary N) is 1. The van der Waals surface area contributed by atoms with Crippen LogP contribution in [-0.2, 0) is 4.79 Å². The molecular formula is C15H21FN2O. The number of amides is 1. The normalized spacial score (nSPS) is 17.9. The molecule has 3 N–H and O–H groups in total. The highest BCUT2D eigenvalue weighted by atomic mass is 19.1. The molecule has 0 radical (unpaired) electrons.